The minimum atomic E-state index is -0.942. The van der Waals surface area contributed by atoms with Gasteiger partial charge in [-0.3, -0.25) is 4.40 Å². The van der Waals surface area contributed by atoms with Crippen LogP contribution in [-0.2, 0) is 0 Å². The number of carbonyl (C=O) groups is 1. The molecule has 2 heterocycles. The first-order valence-electron chi connectivity index (χ1n) is 6.39. The van der Waals surface area contributed by atoms with Gasteiger partial charge in [0.05, 0.1) is 5.52 Å². The molecule has 4 nitrogen and oxygen atoms in total. The average molecular weight is 244 g/mol. The highest BCUT2D eigenvalue weighted by Gasteiger charge is 2.25. The van der Waals surface area contributed by atoms with Gasteiger partial charge in [-0.25, -0.2) is 9.78 Å². The molecule has 0 bridgehead atoms. The molecular weight excluding hydrogens is 228 g/mol. The van der Waals surface area contributed by atoms with Crippen molar-refractivity contribution in [3.63, 3.8) is 0 Å². The van der Waals surface area contributed by atoms with E-state index in [1.807, 2.05) is 29.5 Å². The molecule has 0 unspecified atom stereocenters. The van der Waals surface area contributed by atoms with Gasteiger partial charge in [-0.2, -0.15) is 0 Å². The van der Waals surface area contributed by atoms with Gasteiger partial charge >= 0.3 is 5.97 Å². The Kier molecular flexibility index (Phi) is 2.58. The van der Waals surface area contributed by atoms with Crippen LogP contribution < -0.4 is 0 Å². The van der Waals surface area contributed by atoms with E-state index < -0.39 is 5.97 Å². The largest absolute Gasteiger partial charge is 0.476 e. The molecule has 3 rings (SSSR count). The van der Waals surface area contributed by atoms with Crippen molar-refractivity contribution < 1.29 is 9.90 Å². The third-order valence-electron chi connectivity index (χ3n) is 3.81. The Morgan fingerprint density at radius 2 is 2.11 bits per heavy atom. The van der Waals surface area contributed by atoms with Crippen LogP contribution >= 0.6 is 0 Å². The van der Waals surface area contributed by atoms with Crippen molar-refractivity contribution in [2.75, 3.05) is 0 Å². The maximum Gasteiger partial charge on any atom is 0.356 e. The van der Waals surface area contributed by atoms with Crippen LogP contribution in [-0.4, -0.2) is 20.5 Å². The second-order valence-electron chi connectivity index (χ2n) is 4.99. The summed E-state index contributed by atoms with van der Waals surface area (Å²) >= 11 is 0. The number of nitrogens with zero attached hydrogens (tertiary/aromatic N) is 2. The number of aromatic nitrogens is 2. The molecule has 1 fully saturated rings. The molecule has 0 aromatic carbocycles. The first-order chi connectivity index (χ1) is 8.68. The molecule has 4 heteroatoms. The molecule has 1 N–H and O–H groups in total. The Morgan fingerprint density at radius 3 is 2.78 bits per heavy atom. The lowest BCUT2D eigenvalue weighted by Crippen LogP contribution is -2.02. The number of aryl methyl sites for hydroxylation is 1. The quantitative estimate of drug-likeness (QED) is 0.883. The van der Waals surface area contributed by atoms with Gasteiger partial charge in [0.2, 0.25) is 0 Å². The normalized spacial score (nSPS) is 16.5. The standard InChI is InChI=1S/C14H16N2O2/c1-9-5-4-8-11-12(14(17)18)15-13(16(9)11)10-6-2-3-7-10/h4-5,8,10H,2-3,6-7H2,1H3,(H,17,18). The number of carboxylic acid groups (broad SMARTS) is 1. The summed E-state index contributed by atoms with van der Waals surface area (Å²) in [6.07, 6.45) is 4.67. The molecule has 0 aliphatic heterocycles. The number of aromatic carboxylic acids is 1. The topological polar surface area (TPSA) is 54.6 Å². The zero-order chi connectivity index (χ0) is 12.7. The molecule has 0 amide bonds. The number of imidazole rings is 1. The van der Waals surface area contributed by atoms with Crippen molar-refractivity contribution in [2.45, 2.75) is 38.5 Å². The summed E-state index contributed by atoms with van der Waals surface area (Å²) in [6.45, 7) is 2.00. The molecule has 18 heavy (non-hydrogen) atoms. The van der Waals surface area contributed by atoms with Crippen LogP contribution in [0.15, 0.2) is 18.2 Å². The molecule has 1 saturated carbocycles. The van der Waals surface area contributed by atoms with E-state index in [0.29, 0.717) is 11.4 Å². The number of pyridine rings is 1. The maximum absolute atomic E-state index is 11.3. The zero-order valence-electron chi connectivity index (χ0n) is 10.4. The van der Waals surface area contributed by atoms with Gasteiger partial charge in [0.25, 0.3) is 0 Å². The molecule has 0 radical (unpaired) electrons. The first-order valence-corrected chi connectivity index (χ1v) is 6.39. The Hall–Kier alpha value is -1.84. The summed E-state index contributed by atoms with van der Waals surface area (Å²) < 4.78 is 2.01. The Labute approximate surface area is 105 Å². The first kappa shape index (κ1) is 11.3. The zero-order valence-corrected chi connectivity index (χ0v) is 10.4. The van der Waals surface area contributed by atoms with E-state index in [9.17, 15) is 9.90 Å². The average Bonchev–Trinajstić information content (AvgIpc) is 2.95. The van der Waals surface area contributed by atoms with Crippen LogP contribution in [0.2, 0.25) is 0 Å². The number of carboxylic acids is 1. The fourth-order valence-corrected chi connectivity index (χ4v) is 2.94. The van der Waals surface area contributed by atoms with E-state index in [0.717, 1.165) is 24.4 Å². The monoisotopic (exact) mass is 244 g/mol. The Morgan fingerprint density at radius 1 is 1.39 bits per heavy atom. The molecule has 0 saturated heterocycles. The minimum absolute atomic E-state index is 0.181. The van der Waals surface area contributed by atoms with Gasteiger partial charge in [0, 0.05) is 11.6 Å². The molecular formula is C14H16N2O2. The van der Waals surface area contributed by atoms with Gasteiger partial charge in [-0.05, 0) is 31.9 Å². The van der Waals surface area contributed by atoms with E-state index >= 15 is 0 Å². The maximum atomic E-state index is 11.3. The van der Waals surface area contributed by atoms with Crippen LogP contribution in [0, 0.1) is 6.92 Å². The second kappa shape index (κ2) is 4.12. The highest BCUT2D eigenvalue weighted by Crippen LogP contribution is 2.34. The summed E-state index contributed by atoms with van der Waals surface area (Å²) in [7, 11) is 0. The van der Waals surface area contributed by atoms with Crippen LogP contribution in [0.5, 0.6) is 0 Å². The lowest BCUT2D eigenvalue weighted by Gasteiger charge is -2.09. The van der Waals surface area contributed by atoms with Crippen molar-refractivity contribution in [3.05, 3.63) is 35.4 Å². The van der Waals surface area contributed by atoms with Gasteiger partial charge in [-0.15, -0.1) is 0 Å². The van der Waals surface area contributed by atoms with E-state index in [4.69, 9.17) is 0 Å². The molecule has 2 aromatic heterocycles. The summed E-state index contributed by atoms with van der Waals surface area (Å²) in [5.74, 6) is 0.395. The van der Waals surface area contributed by atoms with Crippen LogP contribution in [0.25, 0.3) is 5.52 Å². The SMILES string of the molecule is Cc1cccc2c(C(=O)O)nc(C3CCCC3)n12. The minimum Gasteiger partial charge on any atom is -0.476 e. The van der Waals surface area contributed by atoms with Crippen LogP contribution in [0.1, 0.15) is 53.6 Å². The highest BCUT2D eigenvalue weighted by molar-refractivity contribution is 5.93. The molecule has 0 spiro atoms. The summed E-state index contributed by atoms with van der Waals surface area (Å²) in [6, 6.07) is 5.72. The number of hydrogen-bond acceptors (Lipinski definition) is 2. The van der Waals surface area contributed by atoms with E-state index in [1.54, 1.807) is 0 Å². The fourth-order valence-electron chi connectivity index (χ4n) is 2.94. The third kappa shape index (κ3) is 1.60. The lowest BCUT2D eigenvalue weighted by atomic mass is 10.1. The predicted molar refractivity (Wildman–Crippen MR) is 68.1 cm³/mol. The van der Waals surface area contributed by atoms with E-state index in [-0.39, 0.29) is 5.69 Å². The van der Waals surface area contributed by atoms with Gasteiger partial charge in [0.1, 0.15) is 5.82 Å². The van der Waals surface area contributed by atoms with Crippen molar-refractivity contribution in [3.8, 4) is 0 Å². The highest BCUT2D eigenvalue weighted by atomic mass is 16.4. The smallest absolute Gasteiger partial charge is 0.356 e. The Balaban J connectivity index is 2.27. The fraction of sp³-hybridized carbons (Fsp3) is 0.429. The van der Waals surface area contributed by atoms with Crippen molar-refractivity contribution in [1.29, 1.82) is 0 Å². The lowest BCUT2D eigenvalue weighted by molar-refractivity contribution is 0.0693. The Bertz CT molecular complexity index is 610. The summed E-state index contributed by atoms with van der Waals surface area (Å²) in [4.78, 5) is 15.7. The molecule has 0 atom stereocenters. The van der Waals surface area contributed by atoms with Gasteiger partial charge in [0.15, 0.2) is 5.69 Å². The molecule has 1 aliphatic rings. The van der Waals surface area contributed by atoms with Crippen LogP contribution in [0.3, 0.4) is 0 Å². The third-order valence-corrected chi connectivity index (χ3v) is 3.81. The second-order valence-corrected chi connectivity index (χ2v) is 4.99. The van der Waals surface area contributed by atoms with E-state index in [2.05, 4.69) is 4.98 Å². The summed E-state index contributed by atoms with van der Waals surface area (Å²) in [5, 5.41) is 9.25. The number of fused-ring (bicyclic) bond motifs is 1. The van der Waals surface area contributed by atoms with Gasteiger partial charge in [-0.1, -0.05) is 18.9 Å². The molecule has 94 valence electrons. The van der Waals surface area contributed by atoms with Gasteiger partial charge < -0.3 is 5.11 Å². The van der Waals surface area contributed by atoms with E-state index in [1.165, 1.54) is 12.8 Å². The van der Waals surface area contributed by atoms with Crippen molar-refractivity contribution in [2.24, 2.45) is 0 Å². The van der Waals surface area contributed by atoms with Crippen molar-refractivity contribution in [1.82, 2.24) is 9.38 Å². The summed E-state index contributed by atoms with van der Waals surface area (Å²) in [5.41, 5.74) is 1.94. The number of rotatable bonds is 2. The molecule has 2 aromatic rings. The molecule has 1 aliphatic carbocycles. The van der Waals surface area contributed by atoms with Crippen molar-refractivity contribution >= 4 is 11.5 Å². The predicted octanol–water partition coefficient (Wildman–Crippen LogP) is 3.00. The number of hydrogen-bond donors (Lipinski definition) is 1. The van der Waals surface area contributed by atoms with Crippen LogP contribution in [0.4, 0.5) is 0 Å².